The molecule has 2 heterocycles. The van der Waals surface area contributed by atoms with Gasteiger partial charge in [-0.05, 0) is 42.3 Å². The molecule has 0 saturated carbocycles. The number of aromatic nitrogens is 2. The number of anilines is 1. The van der Waals surface area contributed by atoms with E-state index in [2.05, 4.69) is 21.8 Å². The molecule has 0 spiro atoms. The fourth-order valence-corrected chi connectivity index (χ4v) is 3.65. The largest absolute Gasteiger partial charge is 0.504 e. The number of nitrogens with zero attached hydrogens (tertiary/aromatic N) is 3. The molecule has 0 atom stereocenters. The van der Waals surface area contributed by atoms with Gasteiger partial charge in [-0.1, -0.05) is 30.7 Å². The number of hydrogen-bond donors (Lipinski definition) is 1. The molecule has 1 N–H and O–H groups in total. The van der Waals surface area contributed by atoms with E-state index in [0.29, 0.717) is 30.5 Å². The van der Waals surface area contributed by atoms with Crippen molar-refractivity contribution in [2.45, 2.75) is 26.8 Å². The van der Waals surface area contributed by atoms with E-state index in [1.54, 1.807) is 6.07 Å². The summed E-state index contributed by atoms with van der Waals surface area (Å²) in [5.41, 5.74) is 3.72. The maximum atomic E-state index is 10.6. The number of phenols is 1. The highest BCUT2D eigenvalue weighted by molar-refractivity contribution is 6.30. The van der Waals surface area contributed by atoms with E-state index in [1.807, 2.05) is 43.3 Å². The molecule has 2 aromatic carbocycles. The fraction of sp³-hybridized carbons (Fsp3) is 0.273. The van der Waals surface area contributed by atoms with Crippen molar-refractivity contribution in [3.8, 4) is 22.6 Å². The lowest BCUT2D eigenvalue weighted by Crippen LogP contribution is -2.26. The smallest absolute Gasteiger partial charge is 0.166 e. The van der Waals surface area contributed by atoms with E-state index in [9.17, 15) is 5.11 Å². The van der Waals surface area contributed by atoms with Crippen LogP contribution in [0.5, 0.6) is 11.5 Å². The first-order chi connectivity index (χ1) is 13.5. The van der Waals surface area contributed by atoms with E-state index < -0.39 is 0 Å². The summed E-state index contributed by atoms with van der Waals surface area (Å²) in [6.45, 7) is 5.78. The molecule has 0 amide bonds. The highest BCUT2D eigenvalue weighted by Crippen LogP contribution is 2.38. The van der Waals surface area contributed by atoms with Crippen LogP contribution in [-0.4, -0.2) is 28.2 Å². The molecule has 0 unspecified atom stereocenters. The lowest BCUT2D eigenvalue weighted by molar-refractivity contribution is 0.311. The van der Waals surface area contributed by atoms with Gasteiger partial charge in [0.05, 0.1) is 6.54 Å². The third kappa shape index (κ3) is 3.76. The average Bonchev–Trinajstić information content (AvgIpc) is 2.90. The van der Waals surface area contributed by atoms with Gasteiger partial charge in [0.1, 0.15) is 18.2 Å². The number of benzene rings is 2. The maximum Gasteiger partial charge on any atom is 0.166 e. The molecular formula is C22H22ClN3O2. The summed E-state index contributed by atoms with van der Waals surface area (Å²) < 4.78 is 5.87. The molecule has 3 aromatic rings. The third-order valence-corrected chi connectivity index (χ3v) is 5.04. The number of aromatic hydroxyl groups is 1. The van der Waals surface area contributed by atoms with Crippen molar-refractivity contribution >= 4 is 17.4 Å². The van der Waals surface area contributed by atoms with Gasteiger partial charge in [-0.15, -0.1) is 0 Å². The minimum atomic E-state index is 0.141. The first kappa shape index (κ1) is 18.6. The predicted octanol–water partition coefficient (Wildman–Crippen LogP) is 4.77. The molecule has 0 fully saturated rings. The van der Waals surface area contributed by atoms with Crippen LogP contribution in [0.1, 0.15) is 24.0 Å². The second kappa shape index (κ2) is 7.68. The van der Waals surface area contributed by atoms with Crippen LogP contribution in [0.15, 0.2) is 42.5 Å². The highest BCUT2D eigenvalue weighted by Gasteiger charge is 2.21. The molecule has 0 bridgehead atoms. The Morgan fingerprint density at radius 2 is 2.00 bits per heavy atom. The minimum Gasteiger partial charge on any atom is -0.504 e. The zero-order valence-corrected chi connectivity index (χ0v) is 16.7. The summed E-state index contributed by atoms with van der Waals surface area (Å²) in [6.07, 6.45) is 0.787. The van der Waals surface area contributed by atoms with Gasteiger partial charge in [0.25, 0.3) is 0 Å². The zero-order chi connectivity index (χ0) is 19.7. The quantitative estimate of drug-likeness (QED) is 0.692. The van der Waals surface area contributed by atoms with Crippen molar-refractivity contribution in [3.05, 3.63) is 64.6 Å². The van der Waals surface area contributed by atoms with Gasteiger partial charge in [0.15, 0.2) is 11.5 Å². The van der Waals surface area contributed by atoms with Gasteiger partial charge in [-0.2, -0.15) is 0 Å². The minimum absolute atomic E-state index is 0.141. The second-order valence-corrected chi connectivity index (χ2v) is 7.34. The van der Waals surface area contributed by atoms with Gasteiger partial charge in [-0.3, -0.25) is 0 Å². The van der Waals surface area contributed by atoms with Gasteiger partial charge in [-0.25, -0.2) is 9.97 Å². The highest BCUT2D eigenvalue weighted by atomic mass is 35.5. The summed E-state index contributed by atoms with van der Waals surface area (Å²) in [7, 11) is 0. The van der Waals surface area contributed by atoms with E-state index in [1.165, 1.54) is 0 Å². The topological polar surface area (TPSA) is 58.5 Å². The van der Waals surface area contributed by atoms with Gasteiger partial charge < -0.3 is 14.7 Å². The van der Waals surface area contributed by atoms with Crippen LogP contribution in [-0.2, 0) is 13.0 Å². The molecule has 1 aromatic heterocycles. The molecule has 4 rings (SSSR count). The number of hydrogen-bond acceptors (Lipinski definition) is 5. The standard InChI is InChI=1S/C22H22ClN3O2/c1-3-20-24-14(2)9-21(25-20)26-7-8-28-22-17(13-26)10-16(12-19(22)27)15-5-4-6-18(23)11-15/h4-6,9-12,27H,3,7-8,13H2,1-2H3. The Morgan fingerprint density at radius 1 is 1.14 bits per heavy atom. The van der Waals surface area contributed by atoms with Gasteiger partial charge in [0, 0.05) is 35.3 Å². The van der Waals surface area contributed by atoms with Crippen LogP contribution in [0.4, 0.5) is 5.82 Å². The number of phenolic OH excluding ortho intramolecular Hbond substituents is 1. The third-order valence-electron chi connectivity index (χ3n) is 4.80. The molecule has 144 valence electrons. The molecule has 1 aliphatic rings. The Bertz CT molecular complexity index is 1020. The van der Waals surface area contributed by atoms with E-state index >= 15 is 0 Å². The molecule has 6 heteroatoms. The van der Waals surface area contributed by atoms with Crippen LogP contribution in [0.3, 0.4) is 0 Å². The van der Waals surface area contributed by atoms with Crippen LogP contribution in [0, 0.1) is 6.92 Å². The summed E-state index contributed by atoms with van der Waals surface area (Å²) in [4.78, 5) is 11.3. The van der Waals surface area contributed by atoms with Crippen molar-refractivity contribution in [2.75, 3.05) is 18.1 Å². The number of halogens is 1. The second-order valence-electron chi connectivity index (χ2n) is 6.90. The van der Waals surface area contributed by atoms with E-state index in [-0.39, 0.29) is 5.75 Å². The van der Waals surface area contributed by atoms with Crippen molar-refractivity contribution in [3.63, 3.8) is 0 Å². The van der Waals surface area contributed by atoms with Gasteiger partial charge >= 0.3 is 0 Å². The Labute approximate surface area is 169 Å². The van der Waals surface area contributed by atoms with Crippen LogP contribution < -0.4 is 9.64 Å². The predicted molar refractivity (Wildman–Crippen MR) is 111 cm³/mol. The lowest BCUT2D eigenvalue weighted by Gasteiger charge is -2.22. The average molecular weight is 396 g/mol. The van der Waals surface area contributed by atoms with E-state index in [4.69, 9.17) is 16.3 Å². The van der Waals surface area contributed by atoms with Crippen molar-refractivity contribution in [2.24, 2.45) is 0 Å². The van der Waals surface area contributed by atoms with Crippen molar-refractivity contribution < 1.29 is 9.84 Å². The molecule has 0 aliphatic carbocycles. The number of rotatable bonds is 3. The summed E-state index contributed by atoms with van der Waals surface area (Å²) in [6, 6.07) is 13.4. The van der Waals surface area contributed by atoms with Crippen LogP contribution in [0.2, 0.25) is 5.02 Å². The zero-order valence-electron chi connectivity index (χ0n) is 15.9. The van der Waals surface area contributed by atoms with E-state index in [0.717, 1.165) is 40.4 Å². The van der Waals surface area contributed by atoms with Crippen LogP contribution in [0.25, 0.3) is 11.1 Å². The lowest BCUT2D eigenvalue weighted by atomic mass is 10.0. The molecular weight excluding hydrogens is 374 g/mol. The molecule has 0 saturated heterocycles. The SMILES string of the molecule is CCc1nc(C)cc(N2CCOc3c(O)cc(-c4cccc(Cl)c4)cc3C2)n1. The Morgan fingerprint density at radius 3 is 2.79 bits per heavy atom. The maximum absolute atomic E-state index is 10.6. The number of ether oxygens (including phenoxy) is 1. The summed E-state index contributed by atoms with van der Waals surface area (Å²) >= 11 is 6.14. The van der Waals surface area contributed by atoms with Gasteiger partial charge in [0.2, 0.25) is 0 Å². The van der Waals surface area contributed by atoms with Crippen molar-refractivity contribution in [1.82, 2.24) is 9.97 Å². The Kier molecular flexibility index (Phi) is 5.09. The summed E-state index contributed by atoms with van der Waals surface area (Å²) in [5, 5.41) is 11.2. The van der Waals surface area contributed by atoms with Crippen molar-refractivity contribution in [1.29, 1.82) is 0 Å². The first-order valence-electron chi connectivity index (χ1n) is 9.37. The molecule has 0 radical (unpaired) electrons. The normalized spacial score (nSPS) is 13.6. The van der Waals surface area contributed by atoms with Crippen LogP contribution >= 0.6 is 11.6 Å². The fourth-order valence-electron chi connectivity index (χ4n) is 3.46. The monoisotopic (exact) mass is 395 g/mol. The number of fused-ring (bicyclic) bond motifs is 1. The molecule has 28 heavy (non-hydrogen) atoms. The number of aryl methyl sites for hydroxylation is 2. The Hall–Kier alpha value is -2.79. The summed E-state index contributed by atoms with van der Waals surface area (Å²) in [5.74, 6) is 2.39. The Balaban J connectivity index is 1.73. The first-order valence-corrected chi connectivity index (χ1v) is 9.75. The molecule has 1 aliphatic heterocycles. The molecule has 5 nitrogen and oxygen atoms in total.